The number of hydrogen-bond acceptors (Lipinski definition) is 3. The van der Waals surface area contributed by atoms with E-state index in [1.165, 1.54) is 0 Å². The summed E-state index contributed by atoms with van der Waals surface area (Å²) in [6, 6.07) is 0. The molecule has 5 heteroatoms. The minimum Gasteiger partial charge on any atom is -0.481 e. The van der Waals surface area contributed by atoms with E-state index in [4.69, 9.17) is 15.9 Å². The van der Waals surface area contributed by atoms with Crippen LogP contribution >= 0.6 is 0 Å². The molecule has 70 valence electrons. The number of carboxylic acids is 2. The monoisotopic (exact) mass is 175 g/mol. The number of rotatable bonds is 6. The molecule has 0 aliphatic rings. The second-order valence-corrected chi connectivity index (χ2v) is 2.51. The van der Waals surface area contributed by atoms with Gasteiger partial charge in [-0.25, -0.2) is 0 Å². The third-order valence-corrected chi connectivity index (χ3v) is 1.54. The van der Waals surface area contributed by atoms with Crippen LogP contribution in [0.15, 0.2) is 0 Å². The lowest BCUT2D eigenvalue weighted by Crippen LogP contribution is -2.23. The van der Waals surface area contributed by atoms with E-state index in [0.29, 0.717) is 19.4 Å². The second kappa shape index (κ2) is 5.54. The maximum absolute atomic E-state index is 10.3. The van der Waals surface area contributed by atoms with Crippen molar-refractivity contribution in [3.63, 3.8) is 0 Å². The largest absolute Gasteiger partial charge is 0.481 e. The van der Waals surface area contributed by atoms with Crippen LogP contribution in [0.2, 0.25) is 0 Å². The van der Waals surface area contributed by atoms with Gasteiger partial charge in [0.25, 0.3) is 0 Å². The van der Waals surface area contributed by atoms with Crippen LogP contribution in [0.5, 0.6) is 0 Å². The molecule has 0 fully saturated rings. The predicted molar refractivity (Wildman–Crippen MR) is 41.7 cm³/mol. The summed E-state index contributed by atoms with van der Waals surface area (Å²) in [6.07, 6.45) is 1.36. The predicted octanol–water partition coefficient (Wildman–Crippen LogP) is -0.0992. The molecular weight excluding hydrogens is 162 g/mol. The van der Waals surface area contributed by atoms with E-state index in [1.54, 1.807) is 0 Å². The summed E-state index contributed by atoms with van der Waals surface area (Å²) in [4.78, 5) is 20.6. The lowest BCUT2D eigenvalue weighted by molar-refractivity contribution is -0.154. The van der Waals surface area contributed by atoms with Gasteiger partial charge in [0.15, 0.2) is 5.92 Å². The Balaban J connectivity index is 3.80. The van der Waals surface area contributed by atoms with Crippen molar-refractivity contribution in [3.8, 4) is 0 Å². The number of hydrogen-bond donors (Lipinski definition) is 3. The van der Waals surface area contributed by atoms with Gasteiger partial charge in [0.2, 0.25) is 0 Å². The molecule has 0 aromatic rings. The normalized spacial score (nSPS) is 10.2. The van der Waals surface area contributed by atoms with Crippen LogP contribution in [0.1, 0.15) is 19.3 Å². The van der Waals surface area contributed by atoms with Gasteiger partial charge in [0.05, 0.1) is 0 Å². The van der Waals surface area contributed by atoms with Gasteiger partial charge in [-0.15, -0.1) is 0 Å². The first kappa shape index (κ1) is 10.9. The Bertz CT molecular complexity index is 155. The standard InChI is InChI=1S/C7H13NO4/c8-4-2-1-3-5(6(9)10)7(11)12/h5H,1-4,8H2,(H,9,10)(H,11,12). The highest BCUT2D eigenvalue weighted by Gasteiger charge is 2.24. The molecular formula is C7H13NO4. The van der Waals surface area contributed by atoms with Crippen molar-refractivity contribution in [2.75, 3.05) is 6.54 Å². The van der Waals surface area contributed by atoms with Gasteiger partial charge in [0.1, 0.15) is 0 Å². The zero-order chi connectivity index (χ0) is 9.56. The average molecular weight is 175 g/mol. The zero-order valence-corrected chi connectivity index (χ0v) is 6.69. The van der Waals surface area contributed by atoms with Crippen molar-refractivity contribution in [2.45, 2.75) is 19.3 Å². The molecule has 0 atom stereocenters. The Morgan fingerprint density at radius 1 is 1.17 bits per heavy atom. The van der Waals surface area contributed by atoms with Crippen LogP contribution in [-0.2, 0) is 9.59 Å². The van der Waals surface area contributed by atoms with Crippen LogP contribution in [0, 0.1) is 5.92 Å². The van der Waals surface area contributed by atoms with E-state index < -0.39 is 17.9 Å². The zero-order valence-electron chi connectivity index (χ0n) is 6.69. The van der Waals surface area contributed by atoms with Crippen LogP contribution < -0.4 is 5.73 Å². The van der Waals surface area contributed by atoms with E-state index in [0.717, 1.165) is 0 Å². The van der Waals surface area contributed by atoms with Crippen molar-refractivity contribution in [3.05, 3.63) is 0 Å². The summed E-state index contributed by atoms with van der Waals surface area (Å²) in [5.41, 5.74) is 5.17. The summed E-state index contributed by atoms with van der Waals surface area (Å²) in [6.45, 7) is 0.464. The molecule has 0 aromatic carbocycles. The van der Waals surface area contributed by atoms with Gasteiger partial charge in [-0.2, -0.15) is 0 Å². The van der Waals surface area contributed by atoms with Crippen LogP contribution in [0.4, 0.5) is 0 Å². The van der Waals surface area contributed by atoms with Gasteiger partial charge >= 0.3 is 11.9 Å². The second-order valence-electron chi connectivity index (χ2n) is 2.51. The van der Waals surface area contributed by atoms with Crippen molar-refractivity contribution in [2.24, 2.45) is 11.7 Å². The fraction of sp³-hybridized carbons (Fsp3) is 0.714. The highest BCUT2D eigenvalue weighted by atomic mass is 16.4. The van der Waals surface area contributed by atoms with Crippen molar-refractivity contribution in [1.29, 1.82) is 0 Å². The van der Waals surface area contributed by atoms with Crippen LogP contribution in [0.3, 0.4) is 0 Å². The van der Waals surface area contributed by atoms with Gasteiger partial charge in [-0.1, -0.05) is 6.42 Å². The number of carboxylic acid groups (broad SMARTS) is 2. The number of aliphatic carboxylic acids is 2. The Kier molecular flexibility index (Phi) is 5.03. The first-order valence-electron chi connectivity index (χ1n) is 3.75. The van der Waals surface area contributed by atoms with Crippen LogP contribution in [-0.4, -0.2) is 28.7 Å². The Morgan fingerprint density at radius 3 is 2.00 bits per heavy atom. The molecule has 0 spiro atoms. The van der Waals surface area contributed by atoms with Crippen molar-refractivity contribution in [1.82, 2.24) is 0 Å². The summed E-state index contributed by atoms with van der Waals surface area (Å²) < 4.78 is 0. The molecule has 0 unspecified atom stereocenters. The summed E-state index contributed by atoms with van der Waals surface area (Å²) >= 11 is 0. The third-order valence-electron chi connectivity index (χ3n) is 1.54. The smallest absolute Gasteiger partial charge is 0.317 e. The first-order valence-corrected chi connectivity index (χ1v) is 3.75. The quantitative estimate of drug-likeness (QED) is 0.386. The Hall–Kier alpha value is -1.10. The minimum absolute atomic E-state index is 0.155. The Labute approximate surface area is 70.2 Å². The summed E-state index contributed by atoms with van der Waals surface area (Å²) in [7, 11) is 0. The van der Waals surface area contributed by atoms with E-state index >= 15 is 0 Å². The van der Waals surface area contributed by atoms with Crippen molar-refractivity contribution >= 4 is 11.9 Å². The fourth-order valence-corrected chi connectivity index (χ4v) is 0.845. The number of nitrogens with two attached hydrogens (primary N) is 1. The van der Waals surface area contributed by atoms with Crippen molar-refractivity contribution < 1.29 is 19.8 Å². The first-order chi connectivity index (χ1) is 5.59. The molecule has 0 aliphatic heterocycles. The van der Waals surface area contributed by atoms with Gasteiger partial charge in [0, 0.05) is 0 Å². The molecule has 0 heterocycles. The minimum atomic E-state index is -1.28. The SMILES string of the molecule is NCCCCC(C(=O)O)C(=O)O. The molecule has 0 amide bonds. The van der Waals surface area contributed by atoms with E-state index in [1.807, 2.05) is 0 Å². The molecule has 5 nitrogen and oxygen atoms in total. The molecule has 4 N–H and O–H groups in total. The highest BCUT2D eigenvalue weighted by Crippen LogP contribution is 2.08. The Morgan fingerprint density at radius 2 is 1.67 bits per heavy atom. The molecule has 0 saturated heterocycles. The molecule has 0 saturated carbocycles. The van der Waals surface area contributed by atoms with E-state index in [9.17, 15) is 9.59 Å². The fourth-order valence-electron chi connectivity index (χ4n) is 0.845. The molecule has 0 aliphatic carbocycles. The molecule has 0 rings (SSSR count). The van der Waals surface area contributed by atoms with Crippen LogP contribution in [0.25, 0.3) is 0 Å². The molecule has 0 radical (unpaired) electrons. The van der Waals surface area contributed by atoms with Gasteiger partial charge < -0.3 is 15.9 Å². The lowest BCUT2D eigenvalue weighted by Gasteiger charge is -2.05. The topological polar surface area (TPSA) is 101 Å². The van der Waals surface area contributed by atoms with Gasteiger partial charge in [-0.05, 0) is 19.4 Å². The van der Waals surface area contributed by atoms with E-state index in [2.05, 4.69) is 0 Å². The maximum atomic E-state index is 10.3. The maximum Gasteiger partial charge on any atom is 0.317 e. The molecule has 0 bridgehead atoms. The van der Waals surface area contributed by atoms with E-state index in [-0.39, 0.29) is 6.42 Å². The van der Waals surface area contributed by atoms with Gasteiger partial charge in [-0.3, -0.25) is 9.59 Å². The average Bonchev–Trinajstić information content (AvgIpc) is 1.96. The summed E-state index contributed by atoms with van der Waals surface area (Å²) in [5, 5.41) is 16.9. The third kappa shape index (κ3) is 3.92. The molecule has 0 aromatic heterocycles. The lowest BCUT2D eigenvalue weighted by atomic mass is 10.0. The molecule has 12 heavy (non-hydrogen) atoms. The number of carbonyl (C=O) groups is 2. The number of unbranched alkanes of at least 4 members (excludes halogenated alkanes) is 1. The highest BCUT2D eigenvalue weighted by molar-refractivity contribution is 5.92. The summed E-state index contributed by atoms with van der Waals surface area (Å²) in [5.74, 6) is -3.84.